The fourth-order valence-electron chi connectivity index (χ4n) is 9.05. The zero-order chi connectivity index (χ0) is 44.8. The van der Waals surface area contributed by atoms with Gasteiger partial charge in [-0.1, -0.05) is 175 Å². The van der Waals surface area contributed by atoms with Gasteiger partial charge in [0.2, 0.25) is 11.8 Å². The number of aliphatic hydroxyl groups excluding tert-OH is 4. The smallest absolute Gasteiger partial charge is 0.243 e. The van der Waals surface area contributed by atoms with Gasteiger partial charge in [-0.05, 0) is 77.8 Å². The first-order valence-electron chi connectivity index (χ1n) is 26.4. The van der Waals surface area contributed by atoms with Gasteiger partial charge in [-0.2, -0.15) is 0 Å². The van der Waals surface area contributed by atoms with Crippen LogP contribution in [0.25, 0.3) is 0 Å². The van der Waals surface area contributed by atoms with Crippen LogP contribution in [0.15, 0.2) is 0 Å². The van der Waals surface area contributed by atoms with E-state index in [0.717, 1.165) is 96.6 Å². The zero-order valence-electron chi connectivity index (χ0n) is 40.5. The van der Waals surface area contributed by atoms with Gasteiger partial charge in [0.05, 0.1) is 24.4 Å². The van der Waals surface area contributed by atoms with Crippen LogP contribution in [0.3, 0.4) is 0 Å². The Morgan fingerprint density at radius 2 is 0.689 bits per heavy atom. The van der Waals surface area contributed by atoms with E-state index >= 15 is 0 Å². The molecule has 6 N–H and O–H groups in total. The Morgan fingerprint density at radius 3 is 0.984 bits per heavy atom. The van der Waals surface area contributed by atoms with Crippen molar-refractivity contribution in [3.8, 4) is 0 Å². The minimum atomic E-state index is -0.540. The molecule has 61 heavy (non-hydrogen) atoms. The molecule has 0 radical (unpaired) electrons. The van der Waals surface area contributed by atoms with E-state index in [1.165, 1.54) is 116 Å². The summed E-state index contributed by atoms with van der Waals surface area (Å²) in [5, 5.41) is 48.7. The molecule has 0 aromatic rings. The van der Waals surface area contributed by atoms with Crippen molar-refractivity contribution >= 4 is 11.8 Å². The molecule has 1 heterocycles. The number of piperazine rings is 1. The average Bonchev–Trinajstić information content (AvgIpc) is 3.22. The Bertz CT molecular complexity index is 976. The number of carbonyl (C=O) groups is 2. The highest BCUT2D eigenvalue weighted by molar-refractivity contribution is 5.96. The quantitative estimate of drug-likeness (QED) is 0.0332. The number of amides is 2. The lowest BCUT2D eigenvalue weighted by atomic mass is 10.0. The fraction of sp³-hybridized carbons (Fsp3) is 0.961. The first kappa shape index (κ1) is 57.7. The van der Waals surface area contributed by atoms with Gasteiger partial charge in [-0.25, -0.2) is 0 Å². The maximum absolute atomic E-state index is 13.1. The van der Waals surface area contributed by atoms with E-state index in [1.54, 1.807) is 6.92 Å². The van der Waals surface area contributed by atoms with Crippen molar-refractivity contribution in [2.45, 2.75) is 276 Å². The first-order valence-corrected chi connectivity index (χ1v) is 26.4. The van der Waals surface area contributed by atoms with E-state index in [4.69, 9.17) is 0 Å². The van der Waals surface area contributed by atoms with Crippen molar-refractivity contribution < 1.29 is 30.0 Å². The maximum atomic E-state index is 13.1. The molecule has 2 amide bonds. The van der Waals surface area contributed by atoms with Crippen LogP contribution in [-0.4, -0.2) is 118 Å². The Hall–Kier alpha value is -1.30. The molecule has 6 atom stereocenters. The Morgan fingerprint density at radius 1 is 0.410 bits per heavy atom. The van der Waals surface area contributed by atoms with Crippen LogP contribution in [0.4, 0.5) is 0 Å². The molecule has 0 bridgehead atoms. The molecule has 1 aliphatic heterocycles. The van der Waals surface area contributed by atoms with Gasteiger partial charge in [0.1, 0.15) is 12.1 Å². The van der Waals surface area contributed by atoms with Crippen molar-refractivity contribution in [2.24, 2.45) is 0 Å². The van der Waals surface area contributed by atoms with Crippen molar-refractivity contribution in [1.82, 2.24) is 20.4 Å². The minimum absolute atomic E-state index is 0.122. The van der Waals surface area contributed by atoms with Crippen LogP contribution in [0.2, 0.25) is 0 Å². The second kappa shape index (κ2) is 40.2. The molecular weight excluding hydrogens is 765 g/mol. The van der Waals surface area contributed by atoms with Gasteiger partial charge in [-0.15, -0.1) is 0 Å². The van der Waals surface area contributed by atoms with Gasteiger partial charge in [0, 0.05) is 26.2 Å². The summed E-state index contributed by atoms with van der Waals surface area (Å²) in [7, 11) is 0. The molecule has 0 aliphatic carbocycles. The average molecular weight is 867 g/mol. The van der Waals surface area contributed by atoms with Gasteiger partial charge in [0.25, 0.3) is 0 Å². The van der Waals surface area contributed by atoms with Gasteiger partial charge in [0.15, 0.2) is 0 Å². The number of unbranched alkanes of at least 4 members (excludes halogenated alkanes) is 23. The van der Waals surface area contributed by atoms with E-state index in [0.29, 0.717) is 39.0 Å². The SMILES string of the molecule is CCCCCCCCCC[C@H](O)CN(CCCC[C@@H]1NC(=O)[C@@H](CCCCN(C[C@@H](O)CCCCCCCCCC)C[C@@H](C)O)NC1=O)C[C@@H](O)CCCCCCCCCC. The zero-order valence-corrected chi connectivity index (χ0v) is 40.5. The number of hydrogen-bond acceptors (Lipinski definition) is 8. The molecule has 0 aromatic carbocycles. The second-order valence-corrected chi connectivity index (χ2v) is 19.2. The van der Waals surface area contributed by atoms with E-state index in [-0.39, 0.29) is 11.8 Å². The number of nitrogens with zero attached hydrogens (tertiary/aromatic N) is 2. The first-order chi connectivity index (χ1) is 29.6. The molecule has 362 valence electrons. The van der Waals surface area contributed by atoms with E-state index < -0.39 is 36.5 Å². The highest BCUT2D eigenvalue weighted by Gasteiger charge is 2.33. The van der Waals surface area contributed by atoms with Gasteiger partial charge >= 0.3 is 0 Å². The summed E-state index contributed by atoms with van der Waals surface area (Å²) in [6.45, 7) is 12.2. The lowest BCUT2D eigenvalue weighted by Crippen LogP contribution is -2.61. The second-order valence-electron chi connectivity index (χ2n) is 19.2. The molecule has 0 spiro atoms. The summed E-state index contributed by atoms with van der Waals surface area (Å²) in [5.41, 5.74) is 0. The van der Waals surface area contributed by atoms with Crippen LogP contribution in [0.5, 0.6) is 0 Å². The largest absolute Gasteiger partial charge is 0.392 e. The number of nitrogens with one attached hydrogen (secondary N) is 2. The van der Waals surface area contributed by atoms with Crippen molar-refractivity contribution in [3.63, 3.8) is 0 Å². The van der Waals surface area contributed by atoms with Crippen molar-refractivity contribution in [1.29, 1.82) is 0 Å². The van der Waals surface area contributed by atoms with Crippen LogP contribution in [0, 0.1) is 0 Å². The summed E-state index contributed by atoms with van der Waals surface area (Å²) >= 11 is 0. The molecule has 10 heteroatoms. The summed E-state index contributed by atoms with van der Waals surface area (Å²) in [4.78, 5) is 30.5. The Balaban J connectivity index is 2.47. The third kappa shape index (κ3) is 33.8. The predicted molar refractivity (Wildman–Crippen MR) is 256 cm³/mol. The lowest BCUT2D eigenvalue weighted by molar-refractivity contribution is -0.137. The van der Waals surface area contributed by atoms with Crippen LogP contribution in [-0.2, 0) is 9.59 Å². The minimum Gasteiger partial charge on any atom is -0.392 e. The van der Waals surface area contributed by atoms with Crippen molar-refractivity contribution in [3.05, 3.63) is 0 Å². The van der Waals surface area contributed by atoms with Crippen LogP contribution in [0.1, 0.15) is 240 Å². The molecule has 1 saturated heterocycles. The molecular formula is C51H102N4O6. The normalized spacial score (nSPS) is 17.8. The molecule has 1 aliphatic rings. The standard InChI is InChI=1S/C51H102N4O6/c1-5-8-11-14-17-20-23-26-33-45(57)41-54(40-44(4)56)38-31-29-36-48-50(60)53-49(51(61)52-48)37-30-32-39-55(42-46(58)34-27-24-21-18-15-12-9-6-2)43-47(59)35-28-25-22-19-16-13-10-7-3/h44-49,56-59H,5-43H2,1-4H3,(H,52,61)(H,53,60)/t44-,45+,46+,47+,48-,49+/m1/s1. The summed E-state index contributed by atoms with van der Waals surface area (Å²) in [5.74, 6) is -0.246. The fourth-order valence-corrected chi connectivity index (χ4v) is 9.05. The van der Waals surface area contributed by atoms with Gasteiger partial charge < -0.3 is 31.1 Å². The number of aliphatic hydroxyl groups is 4. The lowest BCUT2D eigenvalue weighted by Gasteiger charge is -2.31. The van der Waals surface area contributed by atoms with E-state index in [2.05, 4.69) is 41.2 Å². The highest BCUT2D eigenvalue weighted by Crippen LogP contribution is 2.17. The molecule has 0 saturated carbocycles. The number of carbonyl (C=O) groups excluding carboxylic acids is 2. The van der Waals surface area contributed by atoms with Crippen LogP contribution >= 0.6 is 0 Å². The van der Waals surface area contributed by atoms with E-state index in [1.807, 2.05) is 0 Å². The summed E-state index contributed by atoms with van der Waals surface area (Å²) < 4.78 is 0. The topological polar surface area (TPSA) is 146 Å². The molecule has 0 unspecified atom stereocenters. The van der Waals surface area contributed by atoms with Gasteiger partial charge in [-0.3, -0.25) is 19.4 Å². The molecule has 1 rings (SSSR count). The highest BCUT2D eigenvalue weighted by atomic mass is 16.3. The summed E-state index contributed by atoms with van der Waals surface area (Å²) in [6, 6.07) is -1.08. The number of hydrogen-bond donors (Lipinski definition) is 6. The maximum Gasteiger partial charge on any atom is 0.243 e. The third-order valence-corrected chi connectivity index (χ3v) is 12.8. The molecule has 10 nitrogen and oxygen atoms in total. The van der Waals surface area contributed by atoms with E-state index in [9.17, 15) is 30.0 Å². The third-order valence-electron chi connectivity index (χ3n) is 12.8. The molecule has 0 aromatic heterocycles. The number of rotatable bonds is 45. The Labute approximate surface area is 376 Å². The predicted octanol–water partition coefficient (Wildman–Crippen LogP) is 9.97. The molecule has 1 fully saturated rings. The monoisotopic (exact) mass is 867 g/mol. The summed E-state index contributed by atoms with van der Waals surface area (Å²) in [6.07, 6.45) is 34.7. The Kier molecular flexibility index (Phi) is 38.1. The van der Waals surface area contributed by atoms with Crippen molar-refractivity contribution in [2.75, 3.05) is 39.3 Å². The van der Waals surface area contributed by atoms with Crippen LogP contribution < -0.4 is 10.6 Å².